The maximum atomic E-state index is 13.9. The van der Waals surface area contributed by atoms with E-state index in [2.05, 4.69) is 0 Å². The molecule has 0 spiro atoms. The molecule has 1 unspecified atom stereocenters. The van der Waals surface area contributed by atoms with Crippen LogP contribution in [0.3, 0.4) is 0 Å². The Morgan fingerprint density at radius 1 is 1.22 bits per heavy atom. The fourth-order valence-corrected chi connectivity index (χ4v) is 6.97. The van der Waals surface area contributed by atoms with Crippen LogP contribution in [-0.4, -0.2) is 43.8 Å². The highest BCUT2D eigenvalue weighted by molar-refractivity contribution is 7.89. The number of benzene rings is 2. The summed E-state index contributed by atoms with van der Waals surface area (Å²) >= 11 is 7.31. The van der Waals surface area contributed by atoms with Crippen LogP contribution in [0.25, 0.3) is 10.2 Å². The van der Waals surface area contributed by atoms with Gasteiger partial charge >= 0.3 is 0 Å². The zero-order valence-electron chi connectivity index (χ0n) is 19.5. The van der Waals surface area contributed by atoms with Gasteiger partial charge in [0, 0.05) is 18.1 Å². The fraction of sp³-hybridized carbons (Fsp3) is 0.280. The molecule has 188 valence electrons. The molecular weight excluding hydrogens is 522 g/mol. The van der Waals surface area contributed by atoms with Gasteiger partial charge in [-0.05, 0) is 61.4 Å². The van der Waals surface area contributed by atoms with Crippen LogP contribution in [0.1, 0.15) is 18.6 Å². The number of carbonyl (C=O) groups is 1. The van der Waals surface area contributed by atoms with E-state index in [9.17, 15) is 13.2 Å². The second-order valence-corrected chi connectivity index (χ2v) is 11.8. The van der Waals surface area contributed by atoms with Crippen molar-refractivity contribution in [3.05, 3.63) is 71.6 Å². The molecule has 36 heavy (non-hydrogen) atoms. The number of ether oxygens (including phenoxy) is 1. The Kier molecular flexibility index (Phi) is 7.03. The van der Waals surface area contributed by atoms with Crippen LogP contribution >= 0.6 is 22.9 Å². The van der Waals surface area contributed by atoms with Crippen molar-refractivity contribution in [2.45, 2.75) is 24.3 Å². The number of sulfonamides is 1. The van der Waals surface area contributed by atoms with Crippen LogP contribution in [0.4, 0.5) is 5.13 Å². The number of hydrogen-bond donors (Lipinski definition) is 0. The molecule has 0 radical (unpaired) electrons. The molecule has 11 heteroatoms. The molecule has 1 fully saturated rings. The Morgan fingerprint density at radius 2 is 2.03 bits per heavy atom. The number of methoxy groups -OCH3 is 1. The molecule has 0 aliphatic carbocycles. The summed E-state index contributed by atoms with van der Waals surface area (Å²) in [6.45, 7) is 0.631. The third-order valence-corrected chi connectivity index (χ3v) is 9.34. The SMILES string of the molecule is COc1cccc2sc(N(Cc3ccco3)C(=O)C3CCCN(S(=O)(=O)c4ccc(Cl)cc4)C3)nc12. The van der Waals surface area contributed by atoms with Crippen molar-refractivity contribution in [3.63, 3.8) is 0 Å². The van der Waals surface area contributed by atoms with Crippen LogP contribution < -0.4 is 9.64 Å². The topological polar surface area (TPSA) is 93.0 Å². The van der Waals surface area contributed by atoms with Crippen molar-refractivity contribution in [2.24, 2.45) is 5.92 Å². The lowest BCUT2D eigenvalue weighted by Gasteiger charge is -2.33. The Balaban J connectivity index is 1.45. The van der Waals surface area contributed by atoms with E-state index in [0.29, 0.717) is 46.6 Å². The molecule has 1 saturated heterocycles. The lowest BCUT2D eigenvalue weighted by molar-refractivity contribution is -0.123. The number of furan rings is 1. The molecule has 0 N–H and O–H groups in total. The minimum Gasteiger partial charge on any atom is -0.494 e. The lowest BCUT2D eigenvalue weighted by atomic mass is 9.98. The Bertz CT molecular complexity index is 1470. The Labute approximate surface area is 218 Å². The monoisotopic (exact) mass is 545 g/mol. The molecule has 2 aromatic heterocycles. The maximum absolute atomic E-state index is 13.9. The van der Waals surface area contributed by atoms with Gasteiger partial charge in [0.25, 0.3) is 0 Å². The molecule has 0 bridgehead atoms. The average molecular weight is 546 g/mol. The van der Waals surface area contributed by atoms with E-state index in [-0.39, 0.29) is 23.9 Å². The predicted octanol–water partition coefficient (Wildman–Crippen LogP) is 5.19. The minimum absolute atomic E-state index is 0.0899. The summed E-state index contributed by atoms with van der Waals surface area (Å²) in [6.07, 6.45) is 2.71. The minimum atomic E-state index is -3.76. The molecule has 1 atom stereocenters. The second-order valence-electron chi connectivity index (χ2n) is 8.46. The first-order valence-corrected chi connectivity index (χ1v) is 14.0. The van der Waals surface area contributed by atoms with Crippen LogP contribution in [0.5, 0.6) is 5.75 Å². The molecule has 3 heterocycles. The summed E-state index contributed by atoms with van der Waals surface area (Å²) in [6, 6.07) is 15.3. The van der Waals surface area contributed by atoms with Gasteiger partial charge in [0.15, 0.2) is 5.13 Å². The zero-order chi connectivity index (χ0) is 25.3. The van der Waals surface area contributed by atoms with E-state index in [1.54, 1.807) is 42.5 Å². The highest BCUT2D eigenvalue weighted by atomic mass is 35.5. The van der Waals surface area contributed by atoms with Crippen molar-refractivity contribution in [1.82, 2.24) is 9.29 Å². The first-order chi connectivity index (χ1) is 17.4. The number of halogens is 1. The number of fused-ring (bicyclic) bond motifs is 1. The van der Waals surface area contributed by atoms with Crippen molar-refractivity contribution in [1.29, 1.82) is 0 Å². The zero-order valence-corrected chi connectivity index (χ0v) is 21.9. The van der Waals surface area contributed by atoms with Crippen LogP contribution in [0.15, 0.2) is 70.2 Å². The number of carbonyl (C=O) groups excluding carboxylic acids is 1. The molecule has 1 amide bonds. The smallest absolute Gasteiger partial charge is 0.243 e. The number of nitrogens with zero attached hydrogens (tertiary/aromatic N) is 3. The number of piperidine rings is 1. The summed E-state index contributed by atoms with van der Waals surface area (Å²) in [5.41, 5.74) is 0.674. The van der Waals surface area contributed by atoms with Crippen LogP contribution in [0, 0.1) is 5.92 Å². The van der Waals surface area contributed by atoms with Gasteiger partial charge in [-0.15, -0.1) is 0 Å². The number of aromatic nitrogens is 1. The molecule has 2 aromatic carbocycles. The average Bonchev–Trinajstić information content (AvgIpc) is 3.57. The van der Waals surface area contributed by atoms with Gasteiger partial charge in [-0.25, -0.2) is 13.4 Å². The number of rotatable bonds is 7. The van der Waals surface area contributed by atoms with Crippen molar-refractivity contribution in [3.8, 4) is 5.75 Å². The molecular formula is C25H24ClN3O5S2. The van der Waals surface area contributed by atoms with Gasteiger partial charge in [0.1, 0.15) is 17.0 Å². The van der Waals surface area contributed by atoms with E-state index in [1.165, 1.54) is 27.8 Å². The Morgan fingerprint density at radius 3 is 2.75 bits per heavy atom. The van der Waals surface area contributed by atoms with Crippen LogP contribution in [-0.2, 0) is 21.4 Å². The second kappa shape index (κ2) is 10.2. The quantitative estimate of drug-likeness (QED) is 0.317. The van der Waals surface area contributed by atoms with E-state index in [1.807, 2.05) is 18.2 Å². The Hall–Kier alpha value is -2.92. The summed E-state index contributed by atoms with van der Waals surface area (Å²) < 4.78 is 39.8. The first-order valence-electron chi connectivity index (χ1n) is 11.4. The highest BCUT2D eigenvalue weighted by Crippen LogP contribution is 2.36. The highest BCUT2D eigenvalue weighted by Gasteiger charge is 2.36. The molecule has 5 rings (SSSR count). The number of anilines is 1. The molecule has 8 nitrogen and oxygen atoms in total. The van der Waals surface area contributed by atoms with E-state index in [4.69, 9.17) is 25.7 Å². The molecule has 4 aromatic rings. The molecule has 1 aliphatic heterocycles. The van der Waals surface area contributed by atoms with Crippen LogP contribution in [0.2, 0.25) is 5.02 Å². The van der Waals surface area contributed by atoms with Gasteiger partial charge in [0.05, 0.1) is 35.4 Å². The fourth-order valence-electron chi connectivity index (χ4n) is 4.33. The number of para-hydroxylation sites is 1. The van der Waals surface area contributed by atoms with Gasteiger partial charge in [-0.3, -0.25) is 9.69 Å². The van der Waals surface area contributed by atoms with Gasteiger partial charge in [-0.1, -0.05) is 29.0 Å². The lowest BCUT2D eigenvalue weighted by Crippen LogP contribution is -2.46. The van der Waals surface area contributed by atoms with Crippen molar-refractivity contribution >= 4 is 54.2 Å². The van der Waals surface area contributed by atoms with Gasteiger partial charge < -0.3 is 9.15 Å². The number of thiazole rings is 1. The normalized spacial score (nSPS) is 16.8. The third-order valence-electron chi connectivity index (χ3n) is 6.17. The summed E-state index contributed by atoms with van der Waals surface area (Å²) in [5.74, 6) is 0.513. The maximum Gasteiger partial charge on any atom is 0.243 e. The van der Waals surface area contributed by atoms with Gasteiger partial charge in [0.2, 0.25) is 15.9 Å². The van der Waals surface area contributed by atoms with Gasteiger partial charge in [-0.2, -0.15) is 4.31 Å². The summed E-state index contributed by atoms with van der Waals surface area (Å²) in [7, 11) is -2.18. The van der Waals surface area contributed by atoms with Crippen molar-refractivity contribution in [2.75, 3.05) is 25.1 Å². The van der Waals surface area contributed by atoms with E-state index >= 15 is 0 Å². The molecule has 0 saturated carbocycles. The summed E-state index contributed by atoms with van der Waals surface area (Å²) in [5, 5.41) is 0.968. The van der Waals surface area contributed by atoms with Crippen molar-refractivity contribution < 1.29 is 22.4 Å². The standard InChI is InChI=1S/C25H24ClN3O5S2/c1-33-21-7-2-8-22-23(21)27-25(35-22)29(16-19-6-4-14-34-19)24(30)17-5-3-13-28(15-17)36(31,32)20-11-9-18(26)10-12-20/h2,4,6-12,14,17H,3,5,13,15-16H2,1H3. The number of amides is 1. The predicted molar refractivity (Wildman–Crippen MR) is 139 cm³/mol. The van der Waals surface area contributed by atoms with E-state index < -0.39 is 15.9 Å². The first kappa shape index (κ1) is 24.8. The number of hydrogen-bond acceptors (Lipinski definition) is 7. The third kappa shape index (κ3) is 4.86. The summed E-state index contributed by atoms with van der Waals surface area (Å²) in [4.78, 5) is 20.4. The van der Waals surface area contributed by atoms with E-state index in [0.717, 1.165) is 4.70 Å². The largest absolute Gasteiger partial charge is 0.494 e. The molecule has 1 aliphatic rings.